The molecule has 3 heterocycles. The van der Waals surface area contributed by atoms with Crippen LogP contribution in [0.5, 0.6) is 0 Å². The number of aromatic nitrogens is 1. The summed E-state index contributed by atoms with van der Waals surface area (Å²) in [5, 5.41) is 2.91. The van der Waals surface area contributed by atoms with Crippen molar-refractivity contribution in [2.24, 2.45) is 5.92 Å². The van der Waals surface area contributed by atoms with Crippen molar-refractivity contribution in [2.75, 3.05) is 26.2 Å². The predicted octanol–water partition coefficient (Wildman–Crippen LogP) is 0.859. The van der Waals surface area contributed by atoms with Crippen molar-refractivity contribution >= 4 is 11.9 Å². The maximum Gasteiger partial charge on any atom is 0.317 e. The van der Waals surface area contributed by atoms with Crippen molar-refractivity contribution in [1.82, 2.24) is 20.1 Å². The van der Waals surface area contributed by atoms with Gasteiger partial charge in [0.05, 0.1) is 18.7 Å². The Morgan fingerprint density at radius 1 is 1.46 bits per heavy atom. The van der Waals surface area contributed by atoms with Crippen LogP contribution in [0.1, 0.15) is 19.4 Å². The van der Waals surface area contributed by atoms with Gasteiger partial charge >= 0.3 is 6.03 Å². The molecule has 0 aromatic carbocycles. The number of urea groups is 1. The van der Waals surface area contributed by atoms with Crippen molar-refractivity contribution in [1.29, 1.82) is 0 Å². The Morgan fingerprint density at radius 3 is 3.00 bits per heavy atom. The zero-order valence-corrected chi connectivity index (χ0v) is 14.1. The van der Waals surface area contributed by atoms with Gasteiger partial charge in [0.25, 0.3) is 0 Å². The molecule has 0 unspecified atom stereocenters. The quantitative estimate of drug-likeness (QED) is 0.887. The molecule has 7 nitrogen and oxygen atoms in total. The van der Waals surface area contributed by atoms with E-state index in [-0.39, 0.29) is 30.7 Å². The molecule has 2 atom stereocenters. The van der Waals surface area contributed by atoms with Crippen LogP contribution in [0, 0.1) is 5.92 Å². The van der Waals surface area contributed by atoms with Crippen molar-refractivity contribution in [3.05, 3.63) is 30.1 Å². The van der Waals surface area contributed by atoms with E-state index in [2.05, 4.69) is 24.1 Å². The van der Waals surface area contributed by atoms with E-state index >= 15 is 0 Å². The molecule has 7 heteroatoms. The number of likely N-dealkylation sites (tertiary alicyclic amines) is 1. The van der Waals surface area contributed by atoms with Crippen LogP contribution in [0.25, 0.3) is 0 Å². The van der Waals surface area contributed by atoms with Gasteiger partial charge in [-0.3, -0.25) is 9.78 Å². The Morgan fingerprint density at radius 2 is 2.29 bits per heavy atom. The number of hydrogen-bond acceptors (Lipinski definition) is 4. The Balaban J connectivity index is 1.59. The monoisotopic (exact) mass is 332 g/mol. The highest BCUT2D eigenvalue weighted by atomic mass is 16.5. The van der Waals surface area contributed by atoms with Gasteiger partial charge < -0.3 is 19.9 Å². The first-order valence-electron chi connectivity index (χ1n) is 8.37. The minimum atomic E-state index is -0.131. The summed E-state index contributed by atoms with van der Waals surface area (Å²) in [6.45, 7) is 6.46. The number of pyridine rings is 1. The van der Waals surface area contributed by atoms with Crippen LogP contribution in [-0.2, 0) is 16.1 Å². The highest BCUT2D eigenvalue weighted by Crippen LogP contribution is 2.24. The molecule has 1 aromatic rings. The van der Waals surface area contributed by atoms with E-state index in [0.29, 0.717) is 32.1 Å². The molecule has 2 saturated heterocycles. The lowest BCUT2D eigenvalue weighted by molar-refractivity contribution is -0.153. The lowest BCUT2D eigenvalue weighted by Gasteiger charge is -2.37. The van der Waals surface area contributed by atoms with Gasteiger partial charge in [-0.05, 0) is 17.5 Å². The average Bonchev–Trinajstić information content (AvgIpc) is 3.00. The Labute approximate surface area is 142 Å². The summed E-state index contributed by atoms with van der Waals surface area (Å²) in [4.78, 5) is 32.2. The fraction of sp³-hybridized carbons (Fsp3) is 0.588. The van der Waals surface area contributed by atoms with E-state index in [1.807, 2.05) is 17.0 Å². The van der Waals surface area contributed by atoms with E-state index in [0.717, 1.165) is 5.56 Å². The Bertz CT molecular complexity index is 593. The third-order valence-corrected chi connectivity index (χ3v) is 4.39. The second-order valence-corrected chi connectivity index (χ2v) is 6.78. The first-order valence-corrected chi connectivity index (χ1v) is 8.37. The van der Waals surface area contributed by atoms with Crippen molar-refractivity contribution in [2.45, 2.75) is 32.5 Å². The van der Waals surface area contributed by atoms with Crippen LogP contribution in [-0.4, -0.2) is 65.1 Å². The molecule has 24 heavy (non-hydrogen) atoms. The number of nitrogens with one attached hydrogen (secondary N) is 1. The molecular formula is C17H24N4O3. The number of hydrogen-bond donors (Lipinski definition) is 1. The van der Waals surface area contributed by atoms with E-state index in [1.165, 1.54) is 0 Å². The normalized spacial score (nSPS) is 23.5. The van der Waals surface area contributed by atoms with E-state index in [1.54, 1.807) is 17.3 Å². The highest BCUT2D eigenvalue weighted by molar-refractivity contribution is 5.79. The van der Waals surface area contributed by atoms with Crippen LogP contribution in [0.4, 0.5) is 4.79 Å². The maximum atomic E-state index is 12.4. The largest absolute Gasteiger partial charge is 0.364 e. The number of rotatable bonds is 4. The second kappa shape index (κ2) is 7.17. The Hall–Kier alpha value is -2.15. The van der Waals surface area contributed by atoms with Crippen molar-refractivity contribution in [3.8, 4) is 0 Å². The number of carbonyl (C=O) groups is 2. The summed E-state index contributed by atoms with van der Waals surface area (Å²) < 4.78 is 5.65. The first kappa shape index (κ1) is 16.7. The Kier molecular flexibility index (Phi) is 4.99. The predicted molar refractivity (Wildman–Crippen MR) is 88.1 cm³/mol. The van der Waals surface area contributed by atoms with Gasteiger partial charge in [-0.15, -0.1) is 0 Å². The first-order chi connectivity index (χ1) is 11.5. The standard InChI is InChI=1S/C17H24N4O3/c1-12(2)8-21-14-9-20(10-15(14)24-11-16(21)22)17(23)19-7-13-4-3-5-18-6-13/h3-6,12,14-15H,7-11H2,1-2H3,(H,19,23)/t14-,15-/m1/s1. The van der Waals surface area contributed by atoms with Crippen LogP contribution in [0.15, 0.2) is 24.5 Å². The van der Waals surface area contributed by atoms with E-state index < -0.39 is 0 Å². The SMILES string of the molecule is CC(C)CN1C(=O)CO[C@@H]2CN(C(=O)NCc3cccnc3)C[C@H]21. The summed E-state index contributed by atoms with van der Waals surface area (Å²) in [7, 11) is 0. The molecule has 0 saturated carbocycles. The molecule has 2 aliphatic heterocycles. The third kappa shape index (κ3) is 3.67. The minimum absolute atomic E-state index is 0.0163. The number of carbonyl (C=O) groups excluding carboxylic acids is 2. The van der Waals surface area contributed by atoms with Gasteiger partial charge in [-0.2, -0.15) is 0 Å². The molecule has 2 aliphatic rings. The molecule has 1 aromatic heterocycles. The number of amides is 3. The molecule has 1 N–H and O–H groups in total. The molecule has 2 fully saturated rings. The average molecular weight is 332 g/mol. The molecule has 0 bridgehead atoms. The van der Waals surface area contributed by atoms with Gasteiger partial charge in [-0.1, -0.05) is 19.9 Å². The molecule has 0 aliphatic carbocycles. The zero-order valence-electron chi connectivity index (χ0n) is 14.1. The van der Waals surface area contributed by atoms with Crippen LogP contribution < -0.4 is 5.32 Å². The highest BCUT2D eigenvalue weighted by Gasteiger charge is 2.44. The number of morpholine rings is 1. The summed E-state index contributed by atoms with van der Waals surface area (Å²) in [5.41, 5.74) is 0.954. The van der Waals surface area contributed by atoms with E-state index in [4.69, 9.17) is 4.74 Å². The fourth-order valence-electron chi connectivity index (χ4n) is 3.25. The zero-order chi connectivity index (χ0) is 17.1. The minimum Gasteiger partial charge on any atom is -0.364 e. The summed E-state index contributed by atoms with van der Waals surface area (Å²) in [6, 6.07) is 3.59. The van der Waals surface area contributed by atoms with Crippen LogP contribution in [0.2, 0.25) is 0 Å². The number of fused-ring (bicyclic) bond motifs is 1. The van der Waals surface area contributed by atoms with E-state index in [9.17, 15) is 9.59 Å². The van der Waals surface area contributed by atoms with Gasteiger partial charge in [0.1, 0.15) is 6.61 Å². The molecule has 3 rings (SSSR count). The van der Waals surface area contributed by atoms with Gasteiger partial charge in [0, 0.05) is 32.0 Å². The molecular weight excluding hydrogens is 308 g/mol. The molecule has 130 valence electrons. The molecule has 0 radical (unpaired) electrons. The van der Waals surface area contributed by atoms with Crippen LogP contribution in [0.3, 0.4) is 0 Å². The second-order valence-electron chi connectivity index (χ2n) is 6.78. The lowest BCUT2D eigenvalue weighted by Crippen LogP contribution is -2.55. The van der Waals surface area contributed by atoms with Gasteiger partial charge in [0.15, 0.2) is 0 Å². The fourth-order valence-corrected chi connectivity index (χ4v) is 3.25. The molecule has 3 amide bonds. The topological polar surface area (TPSA) is 74.8 Å². The summed E-state index contributed by atoms with van der Waals surface area (Å²) in [5.74, 6) is 0.406. The summed E-state index contributed by atoms with van der Waals surface area (Å²) >= 11 is 0. The number of nitrogens with zero attached hydrogens (tertiary/aromatic N) is 3. The van der Waals surface area contributed by atoms with Crippen molar-refractivity contribution in [3.63, 3.8) is 0 Å². The maximum absolute atomic E-state index is 12.4. The van der Waals surface area contributed by atoms with Crippen molar-refractivity contribution < 1.29 is 14.3 Å². The lowest BCUT2D eigenvalue weighted by atomic mass is 10.1. The smallest absolute Gasteiger partial charge is 0.317 e. The van der Waals surface area contributed by atoms with Gasteiger partial charge in [0.2, 0.25) is 5.91 Å². The van der Waals surface area contributed by atoms with Gasteiger partial charge in [-0.25, -0.2) is 4.79 Å². The third-order valence-electron chi connectivity index (χ3n) is 4.39. The summed E-state index contributed by atoms with van der Waals surface area (Å²) in [6.07, 6.45) is 3.34. The molecule has 0 spiro atoms. The van der Waals surface area contributed by atoms with Crippen LogP contribution >= 0.6 is 0 Å². The number of ether oxygens (including phenoxy) is 1.